The monoisotopic (exact) mass is 225 g/mol. The lowest BCUT2D eigenvalue weighted by atomic mass is 10.1. The van der Waals surface area contributed by atoms with Crippen LogP contribution in [0.3, 0.4) is 0 Å². The maximum atomic E-state index is 11.6. The Hall–Kier alpha value is -1.36. The Balaban J connectivity index is 2.96. The van der Waals surface area contributed by atoms with Crippen LogP contribution in [-0.4, -0.2) is 21.1 Å². The average molecular weight is 225 g/mol. The molecule has 1 atom stereocenters. The largest absolute Gasteiger partial charge is 0.493 e. The van der Waals surface area contributed by atoms with E-state index in [0.29, 0.717) is 24.2 Å². The molecular formula is C11H19N3O2. The molecule has 0 bridgehead atoms. The van der Waals surface area contributed by atoms with Crippen LogP contribution in [-0.2, 0) is 12.8 Å². The SMILES string of the molecule is CCCc1c(O)nc(CC(N)CC)[nH]c1=O. The molecule has 0 spiro atoms. The number of aromatic hydroxyl groups is 1. The first-order valence-corrected chi connectivity index (χ1v) is 5.65. The number of hydrogen-bond acceptors (Lipinski definition) is 4. The summed E-state index contributed by atoms with van der Waals surface area (Å²) in [6.45, 7) is 3.91. The molecule has 0 radical (unpaired) electrons. The zero-order valence-electron chi connectivity index (χ0n) is 9.79. The molecule has 0 amide bonds. The highest BCUT2D eigenvalue weighted by Crippen LogP contribution is 2.11. The van der Waals surface area contributed by atoms with Gasteiger partial charge in [-0.05, 0) is 12.8 Å². The van der Waals surface area contributed by atoms with Crippen molar-refractivity contribution in [3.05, 3.63) is 21.7 Å². The van der Waals surface area contributed by atoms with E-state index in [0.717, 1.165) is 12.8 Å². The standard InChI is InChI=1S/C11H19N3O2/c1-3-5-8-10(15)13-9(14-11(8)16)6-7(12)4-2/h7H,3-6,12H2,1-2H3,(H2,13,14,15,16). The Bertz CT molecular complexity index is 401. The Morgan fingerprint density at radius 1 is 1.50 bits per heavy atom. The van der Waals surface area contributed by atoms with Gasteiger partial charge in [0, 0.05) is 12.5 Å². The van der Waals surface area contributed by atoms with Gasteiger partial charge < -0.3 is 15.8 Å². The average Bonchev–Trinajstić information content (AvgIpc) is 2.23. The van der Waals surface area contributed by atoms with Gasteiger partial charge in [-0.3, -0.25) is 4.79 Å². The third kappa shape index (κ3) is 3.06. The second-order valence-corrected chi connectivity index (χ2v) is 3.94. The number of nitrogens with one attached hydrogen (secondary N) is 1. The van der Waals surface area contributed by atoms with Gasteiger partial charge in [-0.15, -0.1) is 0 Å². The van der Waals surface area contributed by atoms with Crippen LogP contribution in [0, 0.1) is 0 Å². The van der Waals surface area contributed by atoms with Crippen molar-refractivity contribution in [3.63, 3.8) is 0 Å². The predicted octanol–water partition coefficient (Wildman–Crippen LogP) is 0.708. The van der Waals surface area contributed by atoms with Crippen molar-refractivity contribution in [1.82, 2.24) is 9.97 Å². The third-order valence-corrected chi connectivity index (χ3v) is 2.52. The van der Waals surface area contributed by atoms with Crippen molar-refractivity contribution in [2.75, 3.05) is 0 Å². The van der Waals surface area contributed by atoms with Crippen LogP contribution in [0.15, 0.2) is 4.79 Å². The zero-order chi connectivity index (χ0) is 12.1. The molecule has 16 heavy (non-hydrogen) atoms. The second kappa shape index (κ2) is 5.65. The summed E-state index contributed by atoms with van der Waals surface area (Å²) in [7, 11) is 0. The van der Waals surface area contributed by atoms with E-state index in [1.54, 1.807) is 0 Å². The van der Waals surface area contributed by atoms with Crippen LogP contribution in [0.25, 0.3) is 0 Å². The summed E-state index contributed by atoms with van der Waals surface area (Å²) in [5, 5.41) is 9.62. The molecule has 5 heteroatoms. The minimum Gasteiger partial charge on any atom is -0.493 e. The number of H-pyrrole nitrogens is 1. The molecule has 5 nitrogen and oxygen atoms in total. The van der Waals surface area contributed by atoms with E-state index in [9.17, 15) is 9.90 Å². The van der Waals surface area contributed by atoms with Gasteiger partial charge >= 0.3 is 0 Å². The fourth-order valence-corrected chi connectivity index (χ4v) is 1.50. The summed E-state index contributed by atoms with van der Waals surface area (Å²) < 4.78 is 0. The number of rotatable bonds is 5. The van der Waals surface area contributed by atoms with Crippen molar-refractivity contribution in [2.45, 2.75) is 45.6 Å². The maximum absolute atomic E-state index is 11.6. The summed E-state index contributed by atoms with van der Waals surface area (Å²) >= 11 is 0. The fraction of sp³-hybridized carbons (Fsp3) is 0.636. The van der Waals surface area contributed by atoms with Gasteiger partial charge in [0.2, 0.25) is 5.88 Å². The third-order valence-electron chi connectivity index (χ3n) is 2.52. The molecule has 0 saturated heterocycles. The molecule has 4 N–H and O–H groups in total. The highest BCUT2D eigenvalue weighted by atomic mass is 16.3. The number of nitrogens with zero attached hydrogens (tertiary/aromatic N) is 1. The normalized spacial score (nSPS) is 12.7. The minimum atomic E-state index is -0.257. The van der Waals surface area contributed by atoms with E-state index in [4.69, 9.17) is 5.73 Å². The van der Waals surface area contributed by atoms with Gasteiger partial charge in [0.15, 0.2) is 0 Å². The first-order chi connectivity index (χ1) is 7.58. The van der Waals surface area contributed by atoms with Crippen molar-refractivity contribution >= 4 is 0 Å². The molecule has 0 aromatic carbocycles. The van der Waals surface area contributed by atoms with E-state index in [2.05, 4.69) is 9.97 Å². The van der Waals surface area contributed by atoms with E-state index < -0.39 is 0 Å². The molecule has 0 aliphatic heterocycles. The summed E-state index contributed by atoms with van der Waals surface area (Å²) in [5.74, 6) is 0.292. The van der Waals surface area contributed by atoms with Crippen LogP contribution < -0.4 is 11.3 Å². The molecule has 0 saturated carbocycles. The van der Waals surface area contributed by atoms with Crippen molar-refractivity contribution in [1.29, 1.82) is 0 Å². The van der Waals surface area contributed by atoms with Crippen LogP contribution in [0.5, 0.6) is 5.88 Å². The molecule has 1 aromatic rings. The number of aromatic amines is 1. The lowest BCUT2D eigenvalue weighted by Crippen LogP contribution is -2.25. The maximum Gasteiger partial charge on any atom is 0.257 e. The van der Waals surface area contributed by atoms with Gasteiger partial charge in [0.25, 0.3) is 5.56 Å². The van der Waals surface area contributed by atoms with Crippen LogP contribution in [0.4, 0.5) is 0 Å². The molecule has 0 aliphatic rings. The molecule has 0 aliphatic carbocycles. The molecule has 1 heterocycles. The van der Waals surface area contributed by atoms with E-state index >= 15 is 0 Å². The lowest BCUT2D eigenvalue weighted by molar-refractivity contribution is 0.437. The molecule has 1 rings (SSSR count). The van der Waals surface area contributed by atoms with E-state index in [1.165, 1.54) is 0 Å². The van der Waals surface area contributed by atoms with Crippen LogP contribution in [0.1, 0.15) is 38.1 Å². The highest BCUT2D eigenvalue weighted by Gasteiger charge is 2.11. The van der Waals surface area contributed by atoms with Crippen molar-refractivity contribution in [2.24, 2.45) is 5.73 Å². The Labute approximate surface area is 94.7 Å². The van der Waals surface area contributed by atoms with Gasteiger partial charge in [0.1, 0.15) is 5.82 Å². The Kier molecular flexibility index (Phi) is 4.49. The number of nitrogens with two attached hydrogens (primary N) is 1. The predicted molar refractivity (Wildman–Crippen MR) is 62.5 cm³/mol. The highest BCUT2D eigenvalue weighted by molar-refractivity contribution is 5.22. The van der Waals surface area contributed by atoms with Gasteiger partial charge in [0.05, 0.1) is 5.56 Å². The number of aromatic nitrogens is 2. The fourth-order valence-electron chi connectivity index (χ4n) is 1.50. The van der Waals surface area contributed by atoms with Crippen LogP contribution >= 0.6 is 0 Å². The zero-order valence-corrected chi connectivity index (χ0v) is 9.79. The van der Waals surface area contributed by atoms with E-state index in [-0.39, 0.29) is 17.5 Å². The minimum absolute atomic E-state index is 0.0421. The van der Waals surface area contributed by atoms with Crippen molar-refractivity contribution < 1.29 is 5.11 Å². The summed E-state index contributed by atoms with van der Waals surface area (Å²) in [5.41, 5.74) is 5.86. The Morgan fingerprint density at radius 3 is 2.69 bits per heavy atom. The summed E-state index contributed by atoms with van der Waals surface area (Å²) in [6.07, 6.45) is 2.62. The van der Waals surface area contributed by atoms with E-state index in [1.807, 2.05) is 13.8 Å². The molecule has 1 unspecified atom stereocenters. The molecule has 1 aromatic heterocycles. The molecule has 90 valence electrons. The quantitative estimate of drug-likeness (QED) is 0.688. The smallest absolute Gasteiger partial charge is 0.257 e. The first-order valence-electron chi connectivity index (χ1n) is 5.65. The molecular weight excluding hydrogens is 206 g/mol. The van der Waals surface area contributed by atoms with Gasteiger partial charge in [-0.2, -0.15) is 0 Å². The van der Waals surface area contributed by atoms with Crippen molar-refractivity contribution in [3.8, 4) is 5.88 Å². The van der Waals surface area contributed by atoms with Crippen LogP contribution in [0.2, 0.25) is 0 Å². The Morgan fingerprint density at radius 2 is 2.19 bits per heavy atom. The lowest BCUT2D eigenvalue weighted by Gasteiger charge is -2.09. The molecule has 0 fully saturated rings. The topological polar surface area (TPSA) is 92.0 Å². The summed E-state index contributed by atoms with van der Waals surface area (Å²) in [6, 6.07) is -0.0421. The summed E-state index contributed by atoms with van der Waals surface area (Å²) in [4.78, 5) is 18.2. The number of hydrogen-bond donors (Lipinski definition) is 3. The van der Waals surface area contributed by atoms with Gasteiger partial charge in [-0.1, -0.05) is 20.3 Å². The second-order valence-electron chi connectivity index (χ2n) is 3.94. The first kappa shape index (κ1) is 12.7. The van der Waals surface area contributed by atoms with Gasteiger partial charge in [-0.25, -0.2) is 4.98 Å².